The average molecular weight is 403 g/mol. The quantitative estimate of drug-likeness (QED) is 0.616. The van der Waals surface area contributed by atoms with Crippen LogP contribution in [0.2, 0.25) is 0 Å². The predicted octanol–water partition coefficient (Wildman–Crippen LogP) is 2.53. The van der Waals surface area contributed by atoms with Crippen LogP contribution < -0.4 is 9.80 Å². The molecule has 0 radical (unpaired) electrons. The van der Waals surface area contributed by atoms with Crippen LogP contribution in [0.25, 0.3) is 10.2 Å². The number of esters is 1. The molecule has 1 saturated carbocycles. The minimum atomic E-state index is -0.512. The van der Waals surface area contributed by atoms with E-state index >= 15 is 0 Å². The Labute approximate surface area is 164 Å². The smallest absolute Gasteiger partial charge is 0.376 e. The van der Waals surface area contributed by atoms with Crippen molar-refractivity contribution in [3.63, 3.8) is 0 Å². The Morgan fingerprint density at radius 3 is 2.67 bits per heavy atom. The fourth-order valence-corrected chi connectivity index (χ4v) is 4.90. The first kappa shape index (κ1) is 16.8. The van der Waals surface area contributed by atoms with Crippen molar-refractivity contribution in [2.45, 2.75) is 18.8 Å². The topological polar surface area (TPSA) is 84.3 Å². The Bertz CT molecular complexity index is 990. The summed E-state index contributed by atoms with van der Waals surface area (Å²) in [6.07, 6.45) is 2.49. The van der Waals surface area contributed by atoms with Crippen LogP contribution in [0.4, 0.5) is 11.8 Å². The summed E-state index contributed by atoms with van der Waals surface area (Å²) < 4.78 is 10.3. The highest BCUT2D eigenvalue weighted by molar-refractivity contribution is 7.17. The number of nitrogens with zero attached hydrogens (tertiary/aromatic N) is 6. The number of piperazine rings is 1. The first-order valence-corrected chi connectivity index (χ1v) is 10.6. The molecule has 0 spiro atoms. The Kier molecular flexibility index (Phi) is 4.16. The third-order valence-electron chi connectivity index (χ3n) is 4.87. The zero-order valence-corrected chi connectivity index (χ0v) is 16.4. The van der Waals surface area contributed by atoms with E-state index < -0.39 is 5.97 Å². The molecule has 3 aromatic rings. The van der Waals surface area contributed by atoms with Crippen molar-refractivity contribution >= 4 is 50.8 Å². The summed E-state index contributed by atoms with van der Waals surface area (Å²) in [5.41, 5.74) is 0.781. The van der Waals surface area contributed by atoms with Gasteiger partial charge < -0.3 is 14.5 Å². The molecule has 0 N–H and O–H groups in total. The second kappa shape index (κ2) is 6.68. The van der Waals surface area contributed by atoms with Gasteiger partial charge in [0.15, 0.2) is 5.82 Å². The number of hydrogen-bond donors (Lipinski definition) is 0. The van der Waals surface area contributed by atoms with Crippen LogP contribution in [0.5, 0.6) is 0 Å². The first-order valence-electron chi connectivity index (χ1n) is 8.90. The van der Waals surface area contributed by atoms with Crippen molar-refractivity contribution in [3.05, 3.63) is 22.3 Å². The van der Waals surface area contributed by atoms with E-state index in [9.17, 15) is 4.79 Å². The molecular weight excluding hydrogens is 384 g/mol. The van der Waals surface area contributed by atoms with E-state index in [2.05, 4.69) is 24.1 Å². The molecule has 0 amide bonds. The normalized spacial score (nSPS) is 17.5. The van der Waals surface area contributed by atoms with E-state index in [1.807, 2.05) is 11.4 Å². The maximum absolute atomic E-state index is 11.9. The molecule has 8 nitrogen and oxygen atoms in total. The van der Waals surface area contributed by atoms with Gasteiger partial charge in [0, 0.05) is 32.1 Å². The van der Waals surface area contributed by atoms with Crippen molar-refractivity contribution in [1.82, 2.24) is 19.3 Å². The number of hydrogen-bond acceptors (Lipinski definition) is 10. The third kappa shape index (κ3) is 3.12. The van der Waals surface area contributed by atoms with Crippen LogP contribution in [0.3, 0.4) is 0 Å². The number of carbonyl (C=O) groups excluding carboxylic acids is 1. The molecule has 140 valence electrons. The lowest BCUT2D eigenvalue weighted by Crippen LogP contribution is -2.47. The predicted molar refractivity (Wildman–Crippen MR) is 105 cm³/mol. The Hall–Kier alpha value is -2.33. The molecule has 0 atom stereocenters. The van der Waals surface area contributed by atoms with Gasteiger partial charge in [-0.1, -0.05) is 0 Å². The molecule has 5 rings (SSSR count). The monoisotopic (exact) mass is 402 g/mol. The van der Waals surface area contributed by atoms with Gasteiger partial charge in [0.2, 0.25) is 11.8 Å². The van der Waals surface area contributed by atoms with Gasteiger partial charge in [0.25, 0.3) is 0 Å². The van der Waals surface area contributed by atoms with E-state index in [4.69, 9.17) is 9.72 Å². The molecule has 27 heavy (non-hydrogen) atoms. The lowest BCUT2D eigenvalue weighted by molar-refractivity contribution is 0.0587. The van der Waals surface area contributed by atoms with E-state index in [1.54, 1.807) is 11.3 Å². The van der Waals surface area contributed by atoms with Crippen molar-refractivity contribution in [2.75, 3.05) is 43.1 Å². The van der Waals surface area contributed by atoms with Gasteiger partial charge in [0.1, 0.15) is 5.01 Å². The van der Waals surface area contributed by atoms with Crippen LogP contribution in [0.15, 0.2) is 11.4 Å². The molecule has 3 aromatic heterocycles. The van der Waals surface area contributed by atoms with Crippen molar-refractivity contribution in [1.29, 1.82) is 0 Å². The summed E-state index contributed by atoms with van der Waals surface area (Å²) >= 11 is 3.13. The van der Waals surface area contributed by atoms with Crippen molar-refractivity contribution < 1.29 is 9.53 Å². The second-order valence-electron chi connectivity index (χ2n) is 6.68. The van der Waals surface area contributed by atoms with E-state index in [0.29, 0.717) is 5.92 Å². The molecule has 0 bridgehead atoms. The van der Waals surface area contributed by atoms with Gasteiger partial charge in [-0.15, -0.1) is 11.3 Å². The number of thiophene rings is 1. The van der Waals surface area contributed by atoms with E-state index in [-0.39, 0.29) is 5.82 Å². The first-order chi connectivity index (χ1) is 13.2. The van der Waals surface area contributed by atoms with Gasteiger partial charge in [-0.2, -0.15) is 4.37 Å². The summed E-state index contributed by atoms with van der Waals surface area (Å²) in [5, 5.41) is 3.14. The molecule has 1 aliphatic heterocycles. The largest absolute Gasteiger partial charge is 0.463 e. The van der Waals surface area contributed by atoms with Gasteiger partial charge >= 0.3 is 5.97 Å². The zero-order chi connectivity index (χ0) is 18.4. The number of methoxy groups -OCH3 is 1. The van der Waals surface area contributed by atoms with Crippen LogP contribution in [-0.2, 0) is 4.74 Å². The minimum Gasteiger partial charge on any atom is -0.463 e. The fraction of sp³-hybridized carbons (Fsp3) is 0.471. The standard InChI is InChI=1S/C17H18N6O2S2/c1-25-16(24)13-18-11-4-9-26-12(11)14(19-13)22-5-7-23(8-6-22)17-20-15(27-21-17)10-2-3-10/h4,9-10H,2-3,5-8H2,1H3. The molecule has 0 aromatic carbocycles. The molecule has 0 unspecified atom stereocenters. The summed E-state index contributed by atoms with van der Waals surface area (Å²) in [5.74, 6) is 1.89. The summed E-state index contributed by atoms with van der Waals surface area (Å²) in [6.45, 7) is 3.24. The van der Waals surface area contributed by atoms with Gasteiger partial charge in [-0.05, 0) is 35.8 Å². The average Bonchev–Trinajstić information content (AvgIpc) is 3.25. The second-order valence-corrected chi connectivity index (χ2v) is 8.38. The molecule has 4 heterocycles. The fourth-order valence-electron chi connectivity index (χ4n) is 3.21. The zero-order valence-electron chi connectivity index (χ0n) is 14.8. The maximum atomic E-state index is 11.9. The molecule has 1 saturated heterocycles. The van der Waals surface area contributed by atoms with Gasteiger partial charge in [-0.3, -0.25) is 0 Å². The summed E-state index contributed by atoms with van der Waals surface area (Å²) in [6, 6.07) is 1.91. The Morgan fingerprint density at radius 2 is 1.93 bits per heavy atom. The van der Waals surface area contributed by atoms with E-state index in [1.165, 1.54) is 36.5 Å². The van der Waals surface area contributed by atoms with E-state index in [0.717, 1.165) is 48.2 Å². The number of carbonyl (C=O) groups is 1. The SMILES string of the molecule is COC(=O)c1nc(N2CCN(c3nsc(C4CC4)n3)CC2)c2sccc2n1. The van der Waals surface area contributed by atoms with Gasteiger partial charge in [0.05, 0.1) is 17.3 Å². The molecule has 1 aliphatic carbocycles. The molecule has 2 fully saturated rings. The highest BCUT2D eigenvalue weighted by Crippen LogP contribution is 2.41. The maximum Gasteiger partial charge on any atom is 0.376 e. The van der Waals surface area contributed by atoms with Crippen LogP contribution in [0, 0.1) is 0 Å². The number of aromatic nitrogens is 4. The van der Waals surface area contributed by atoms with Crippen molar-refractivity contribution in [3.8, 4) is 0 Å². The number of anilines is 2. The number of rotatable bonds is 4. The summed E-state index contributed by atoms with van der Waals surface area (Å²) in [7, 11) is 1.35. The van der Waals surface area contributed by atoms with Crippen LogP contribution in [0.1, 0.15) is 34.4 Å². The molecule has 2 aliphatic rings. The number of ether oxygens (including phenoxy) is 1. The van der Waals surface area contributed by atoms with Gasteiger partial charge in [-0.25, -0.2) is 19.7 Å². The highest BCUT2D eigenvalue weighted by Gasteiger charge is 2.29. The lowest BCUT2D eigenvalue weighted by atomic mass is 10.3. The molecular formula is C17H18N6O2S2. The Morgan fingerprint density at radius 1 is 1.15 bits per heavy atom. The number of fused-ring (bicyclic) bond motifs is 1. The van der Waals surface area contributed by atoms with Crippen molar-refractivity contribution in [2.24, 2.45) is 0 Å². The van der Waals surface area contributed by atoms with Crippen LogP contribution >= 0.6 is 22.9 Å². The molecule has 10 heteroatoms. The lowest BCUT2D eigenvalue weighted by Gasteiger charge is -2.35. The minimum absolute atomic E-state index is 0.107. The highest BCUT2D eigenvalue weighted by atomic mass is 32.1. The Balaban J connectivity index is 1.36. The van der Waals surface area contributed by atoms with Crippen LogP contribution in [-0.4, -0.2) is 58.6 Å². The summed E-state index contributed by atoms with van der Waals surface area (Å²) in [4.78, 5) is 29.9. The third-order valence-corrected chi connectivity index (χ3v) is 6.64.